The van der Waals surface area contributed by atoms with Crippen LogP contribution in [0.25, 0.3) is 5.69 Å². The van der Waals surface area contributed by atoms with E-state index >= 15 is 0 Å². The van der Waals surface area contributed by atoms with Crippen molar-refractivity contribution in [2.45, 2.75) is 51.7 Å². The molecular formula is C21H27N3O3. The Labute approximate surface area is 159 Å². The molecule has 1 amide bonds. The van der Waals surface area contributed by atoms with Crippen LogP contribution in [0, 0.1) is 5.41 Å². The Morgan fingerprint density at radius 3 is 2.78 bits per heavy atom. The lowest BCUT2D eigenvalue weighted by atomic mass is 9.74. The maximum absolute atomic E-state index is 12.6. The van der Waals surface area contributed by atoms with Gasteiger partial charge in [-0.25, -0.2) is 4.68 Å². The highest BCUT2D eigenvalue weighted by atomic mass is 16.5. The monoisotopic (exact) mass is 369 g/mol. The maximum Gasteiger partial charge on any atom is 0.249 e. The highest BCUT2D eigenvalue weighted by molar-refractivity contribution is 5.81. The minimum Gasteiger partial charge on any atom is -0.497 e. The Morgan fingerprint density at radius 2 is 2.11 bits per heavy atom. The minimum absolute atomic E-state index is 0.00153. The van der Waals surface area contributed by atoms with Crippen molar-refractivity contribution in [3.63, 3.8) is 0 Å². The summed E-state index contributed by atoms with van der Waals surface area (Å²) in [7, 11) is 1.66. The molecule has 27 heavy (non-hydrogen) atoms. The molecule has 0 spiro atoms. The van der Waals surface area contributed by atoms with Crippen molar-refractivity contribution < 1.29 is 14.3 Å². The number of hydrogen-bond acceptors (Lipinski definition) is 4. The first-order valence-electron chi connectivity index (χ1n) is 9.60. The van der Waals surface area contributed by atoms with Crippen LogP contribution in [0.3, 0.4) is 0 Å². The summed E-state index contributed by atoms with van der Waals surface area (Å²) >= 11 is 0. The number of nitrogens with zero attached hydrogens (tertiary/aromatic N) is 2. The highest BCUT2D eigenvalue weighted by Crippen LogP contribution is 2.41. The molecule has 144 valence electrons. The van der Waals surface area contributed by atoms with Crippen molar-refractivity contribution in [2.75, 3.05) is 13.7 Å². The van der Waals surface area contributed by atoms with Gasteiger partial charge in [0.2, 0.25) is 5.91 Å². The van der Waals surface area contributed by atoms with Gasteiger partial charge in [0.05, 0.1) is 30.7 Å². The fourth-order valence-corrected chi connectivity index (χ4v) is 4.17. The van der Waals surface area contributed by atoms with Crippen LogP contribution in [0.2, 0.25) is 0 Å². The van der Waals surface area contributed by atoms with Gasteiger partial charge in [-0.3, -0.25) is 4.79 Å². The average Bonchev–Trinajstić information content (AvgIpc) is 3.31. The molecule has 2 atom stereocenters. The zero-order valence-corrected chi connectivity index (χ0v) is 16.2. The van der Waals surface area contributed by atoms with Gasteiger partial charge < -0.3 is 14.8 Å². The predicted molar refractivity (Wildman–Crippen MR) is 102 cm³/mol. The van der Waals surface area contributed by atoms with Gasteiger partial charge in [0.15, 0.2) is 0 Å². The van der Waals surface area contributed by atoms with Crippen molar-refractivity contribution in [1.82, 2.24) is 15.1 Å². The molecule has 1 saturated heterocycles. The summed E-state index contributed by atoms with van der Waals surface area (Å²) in [5, 5.41) is 7.86. The summed E-state index contributed by atoms with van der Waals surface area (Å²) in [4.78, 5) is 12.6. The molecule has 0 radical (unpaired) electrons. The smallest absolute Gasteiger partial charge is 0.249 e. The Balaban J connectivity index is 1.63. The Morgan fingerprint density at radius 1 is 1.33 bits per heavy atom. The number of methoxy groups -OCH3 is 1. The van der Waals surface area contributed by atoms with Crippen molar-refractivity contribution in [2.24, 2.45) is 5.41 Å². The molecule has 6 heteroatoms. The molecule has 6 nitrogen and oxygen atoms in total. The average molecular weight is 369 g/mol. The van der Waals surface area contributed by atoms with Crippen LogP contribution >= 0.6 is 0 Å². The molecule has 1 aromatic heterocycles. The van der Waals surface area contributed by atoms with Crippen LogP contribution in [-0.2, 0) is 16.0 Å². The van der Waals surface area contributed by atoms with E-state index in [-0.39, 0.29) is 23.5 Å². The fraction of sp³-hybridized carbons (Fsp3) is 0.524. The van der Waals surface area contributed by atoms with E-state index in [1.807, 2.05) is 35.1 Å². The minimum atomic E-state index is -0.310. The van der Waals surface area contributed by atoms with Crippen LogP contribution < -0.4 is 10.1 Å². The Kier molecular flexibility index (Phi) is 4.68. The van der Waals surface area contributed by atoms with E-state index in [2.05, 4.69) is 24.3 Å². The van der Waals surface area contributed by atoms with Crippen LogP contribution in [-0.4, -0.2) is 35.5 Å². The lowest BCUT2D eigenvalue weighted by Gasteiger charge is -2.36. The van der Waals surface area contributed by atoms with Crippen LogP contribution in [0.5, 0.6) is 5.75 Å². The van der Waals surface area contributed by atoms with Crippen molar-refractivity contribution >= 4 is 5.91 Å². The number of hydrogen-bond donors (Lipinski definition) is 1. The lowest BCUT2D eigenvalue weighted by molar-refractivity contribution is -0.131. The van der Waals surface area contributed by atoms with E-state index in [9.17, 15) is 4.79 Å². The third-order valence-electron chi connectivity index (χ3n) is 5.53. The molecule has 0 unspecified atom stereocenters. The third kappa shape index (κ3) is 3.58. The zero-order valence-electron chi connectivity index (χ0n) is 16.2. The largest absolute Gasteiger partial charge is 0.497 e. The molecular weight excluding hydrogens is 342 g/mol. The summed E-state index contributed by atoms with van der Waals surface area (Å²) in [6, 6.07) is 7.86. The number of carbonyl (C=O) groups excluding carboxylic acids is 1. The molecule has 1 fully saturated rings. The number of amides is 1. The van der Waals surface area contributed by atoms with Crippen LogP contribution in [0.4, 0.5) is 0 Å². The Bertz CT molecular complexity index is 820. The molecule has 0 bridgehead atoms. The predicted octanol–water partition coefficient (Wildman–Crippen LogP) is 3.19. The summed E-state index contributed by atoms with van der Waals surface area (Å²) in [5.74, 6) is 0.820. The van der Waals surface area contributed by atoms with Gasteiger partial charge in [0.25, 0.3) is 0 Å². The van der Waals surface area contributed by atoms with Gasteiger partial charge in [-0.15, -0.1) is 0 Å². The van der Waals surface area contributed by atoms with Crippen molar-refractivity contribution in [3.8, 4) is 11.4 Å². The number of rotatable bonds is 4. The van der Waals surface area contributed by atoms with Gasteiger partial charge in [0, 0.05) is 12.2 Å². The molecule has 1 aliphatic carbocycles. The van der Waals surface area contributed by atoms with Crippen molar-refractivity contribution in [1.29, 1.82) is 0 Å². The SMILES string of the molecule is COc1ccc(-n2ncc3c2CC(C)(C)C[C@H]3NC(=O)[C@@H]2CCCO2)cc1. The van der Waals surface area contributed by atoms with Gasteiger partial charge in [-0.1, -0.05) is 13.8 Å². The number of nitrogens with one attached hydrogen (secondary N) is 1. The summed E-state index contributed by atoms with van der Waals surface area (Å²) in [6.07, 6.45) is 5.16. The van der Waals surface area contributed by atoms with Gasteiger partial charge >= 0.3 is 0 Å². The lowest BCUT2D eigenvalue weighted by Crippen LogP contribution is -2.41. The van der Waals surface area contributed by atoms with E-state index in [1.54, 1.807) is 7.11 Å². The van der Waals surface area contributed by atoms with Crippen molar-refractivity contribution in [3.05, 3.63) is 41.7 Å². The van der Waals surface area contributed by atoms with E-state index in [1.165, 1.54) is 0 Å². The van der Waals surface area contributed by atoms with E-state index in [0.29, 0.717) is 6.61 Å². The fourth-order valence-electron chi connectivity index (χ4n) is 4.17. The number of aromatic nitrogens is 2. The number of fused-ring (bicyclic) bond motifs is 1. The maximum atomic E-state index is 12.6. The molecule has 0 saturated carbocycles. The van der Waals surface area contributed by atoms with E-state index < -0.39 is 0 Å². The van der Waals surface area contributed by atoms with Crippen LogP contribution in [0.1, 0.15) is 50.4 Å². The molecule has 2 aromatic rings. The van der Waals surface area contributed by atoms with Gasteiger partial charge in [0.1, 0.15) is 11.9 Å². The quantitative estimate of drug-likeness (QED) is 0.899. The molecule has 1 aliphatic heterocycles. The zero-order chi connectivity index (χ0) is 19.0. The van der Waals surface area contributed by atoms with Gasteiger partial charge in [-0.05, 0) is 55.4 Å². The van der Waals surface area contributed by atoms with E-state index in [4.69, 9.17) is 9.47 Å². The molecule has 2 aliphatic rings. The molecule has 1 aromatic carbocycles. The Hall–Kier alpha value is -2.34. The summed E-state index contributed by atoms with van der Waals surface area (Å²) in [5.41, 5.74) is 3.34. The first-order chi connectivity index (χ1) is 13.0. The molecule has 1 N–H and O–H groups in total. The molecule has 4 rings (SSSR count). The number of ether oxygens (including phenoxy) is 2. The standard InChI is InChI=1S/C21H27N3O3/c1-21(2)11-17(23-20(25)19-5-4-10-27-19)16-13-22-24(18(16)12-21)14-6-8-15(26-3)9-7-14/h6-9,13,17,19H,4-5,10-12H2,1-3H3,(H,23,25)/t17-,19+/m1/s1. The molecule has 2 heterocycles. The van der Waals surface area contributed by atoms with Crippen LogP contribution in [0.15, 0.2) is 30.5 Å². The summed E-state index contributed by atoms with van der Waals surface area (Å²) in [6.45, 7) is 5.16. The third-order valence-corrected chi connectivity index (χ3v) is 5.53. The first-order valence-corrected chi connectivity index (χ1v) is 9.60. The number of carbonyl (C=O) groups is 1. The van der Waals surface area contributed by atoms with E-state index in [0.717, 1.165) is 48.4 Å². The second-order valence-corrected chi connectivity index (χ2v) is 8.26. The first kappa shape index (κ1) is 18.0. The topological polar surface area (TPSA) is 65.4 Å². The second kappa shape index (κ2) is 7.00. The summed E-state index contributed by atoms with van der Waals surface area (Å²) < 4.78 is 12.8. The normalized spacial score (nSPS) is 23.7. The highest BCUT2D eigenvalue weighted by Gasteiger charge is 2.37. The van der Waals surface area contributed by atoms with Gasteiger partial charge in [-0.2, -0.15) is 5.10 Å². The second-order valence-electron chi connectivity index (χ2n) is 8.26. The number of benzene rings is 1.